The lowest BCUT2D eigenvalue weighted by Crippen LogP contribution is -2.24. The third kappa shape index (κ3) is 7.14. The van der Waals surface area contributed by atoms with Crippen LogP contribution in [0.5, 0.6) is 11.6 Å². The summed E-state index contributed by atoms with van der Waals surface area (Å²) in [5.74, 6) is -1.23. The lowest BCUT2D eigenvalue weighted by molar-refractivity contribution is -0.274. The van der Waals surface area contributed by atoms with E-state index in [9.17, 15) is 22.2 Å². The third-order valence-corrected chi connectivity index (χ3v) is 7.32. The Kier molecular flexibility index (Phi) is 8.24. The fraction of sp³-hybridized carbons (Fsp3) is 0.364. The van der Waals surface area contributed by atoms with E-state index in [2.05, 4.69) is 29.7 Å². The van der Waals surface area contributed by atoms with Gasteiger partial charge in [0, 0.05) is 18.1 Å². The van der Waals surface area contributed by atoms with Crippen LogP contribution < -0.4 is 19.5 Å². The van der Waals surface area contributed by atoms with Gasteiger partial charge >= 0.3 is 6.36 Å². The molecule has 2 unspecified atom stereocenters. The average Bonchev–Trinajstić information content (AvgIpc) is 3.60. The summed E-state index contributed by atoms with van der Waals surface area (Å²) in [5.41, 5.74) is 0.467. The molecular formula is C22H22F3N5O5S2. The summed E-state index contributed by atoms with van der Waals surface area (Å²) in [6.07, 6.45) is -1.79. The van der Waals surface area contributed by atoms with Gasteiger partial charge in [0.05, 0.1) is 41.3 Å². The van der Waals surface area contributed by atoms with E-state index in [-0.39, 0.29) is 33.8 Å². The maximum atomic E-state index is 13.2. The second kappa shape index (κ2) is 11.4. The van der Waals surface area contributed by atoms with Crippen molar-refractivity contribution >= 4 is 39.0 Å². The Hall–Kier alpha value is -3.30. The van der Waals surface area contributed by atoms with Crippen LogP contribution in [0.15, 0.2) is 36.0 Å². The van der Waals surface area contributed by atoms with Gasteiger partial charge in [0.25, 0.3) is 5.91 Å². The molecule has 0 aliphatic heterocycles. The van der Waals surface area contributed by atoms with E-state index in [0.29, 0.717) is 11.7 Å². The van der Waals surface area contributed by atoms with E-state index in [1.165, 1.54) is 31.6 Å². The maximum Gasteiger partial charge on any atom is 0.573 e. The summed E-state index contributed by atoms with van der Waals surface area (Å²) in [5, 5.41) is 4.37. The monoisotopic (exact) mass is 557 g/mol. The predicted octanol–water partition coefficient (Wildman–Crippen LogP) is 4.46. The highest BCUT2D eigenvalue weighted by molar-refractivity contribution is 7.87. The number of carbonyl (C=O) groups is 1. The van der Waals surface area contributed by atoms with E-state index < -0.39 is 35.1 Å². The van der Waals surface area contributed by atoms with Gasteiger partial charge in [-0.05, 0) is 31.9 Å². The quantitative estimate of drug-likeness (QED) is 0.354. The summed E-state index contributed by atoms with van der Waals surface area (Å²) in [6.45, 7) is 2.09. The smallest absolute Gasteiger partial charge is 0.477 e. The van der Waals surface area contributed by atoms with Crippen molar-refractivity contribution in [2.75, 3.05) is 23.8 Å². The molecule has 0 radical (unpaired) electrons. The molecule has 1 aliphatic rings. The Bertz CT molecular complexity index is 1290. The molecule has 2 aromatic heterocycles. The van der Waals surface area contributed by atoms with Crippen molar-refractivity contribution in [2.24, 2.45) is 0 Å². The molecule has 2 heterocycles. The molecule has 15 heteroatoms. The van der Waals surface area contributed by atoms with Gasteiger partial charge in [-0.1, -0.05) is 6.07 Å². The van der Waals surface area contributed by atoms with E-state index in [0.717, 1.165) is 30.2 Å². The van der Waals surface area contributed by atoms with E-state index in [1.807, 2.05) is 0 Å². The molecule has 1 aliphatic carbocycles. The fourth-order valence-electron chi connectivity index (χ4n) is 3.16. The average molecular weight is 558 g/mol. The first kappa shape index (κ1) is 26.8. The molecule has 3 aromatic rings. The summed E-state index contributed by atoms with van der Waals surface area (Å²) in [6, 6.07) is 3.80. The van der Waals surface area contributed by atoms with Crippen molar-refractivity contribution < 1.29 is 36.4 Å². The molecule has 37 heavy (non-hydrogen) atoms. The van der Waals surface area contributed by atoms with Crippen LogP contribution in [0.1, 0.15) is 31.6 Å². The molecule has 198 valence electrons. The number of nitrogens with zero attached hydrogens (tertiary/aromatic N) is 3. The van der Waals surface area contributed by atoms with Gasteiger partial charge in [0.2, 0.25) is 5.88 Å². The van der Waals surface area contributed by atoms with Gasteiger partial charge in [0.1, 0.15) is 11.0 Å². The number of hydrogen-bond donors (Lipinski definition) is 2. The lowest BCUT2D eigenvalue weighted by Gasteiger charge is -2.18. The molecule has 0 spiro atoms. The summed E-state index contributed by atoms with van der Waals surface area (Å²) in [4.78, 5) is 25.4. The number of ether oxygens (including phenoxy) is 3. The van der Waals surface area contributed by atoms with Crippen LogP contribution in [0.4, 0.5) is 24.0 Å². The SMILES string of the molecule is CCOc1cncc(-c2ccc(NC(=O)C(OC)c3csc(NS(=O)C4CC4)n3)c(OC(F)(F)F)c2)n1. The van der Waals surface area contributed by atoms with Crippen LogP contribution in [-0.4, -0.2) is 50.4 Å². The van der Waals surface area contributed by atoms with Crippen molar-refractivity contribution in [2.45, 2.75) is 37.5 Å². The molecular weight excluding hydrogens is 535 g/mol. The number of rotatable bonds is 11. The molecule has 1 aromatic carbocycles. The molecule has 1 amide bonds. The Balaban J connectivity index is 1.55. The minimum Gasteiger partial charge on any atom is -0.477 e. The van der Waals surface area contributed by atoms with Crippen LogP contribution in [0.25, 0.3) is 11.3 Å². The minimum atomic E-state index is -5.02. The molecule has 2 atom stereocenters. The van der Waals surface area contributed by atoms with Gasteiger partial charge < -0.3 is 19.5 Å². The third-order valence-electron chi connectivity index (χ3n) is 4.95. The van der Waals surface area contributed by atoms with Crippen LogP contribution >= 0.6 is 11.3 Å². The number of benzene rings is 1. The summed E-state index contributed by atoms with van der Waals surface area (Å²) < 4.78 is 69.1. The van der Waals surface area contributed by atoms with Crippen LogP contribution in [0, 0.1) is 0 Å². The second-order valence-corrected chi connectivity index (χ2v) is 10.0. The van der Waals surface area contributed by atoms with Crippen LogP contribution in [0.2, 0.25) is 0 Å². The highest BCUT2D eigenvalue weighted by Gasteiger charge is 2.34. The van der Waals surface area contributed by atoms with Crippen molar-refractivity contribution in [3.05, 3.63) is 41.7 Å². The number of aromatic nitrogens is 3. The zero-order valence-electron chi connectivity index (χ0n) is 19.6. The number of alkyl halides is 3. The Morgan fingerprint density at radius 1 is 1.27 bits per heavy atom. The molecule has 0 bridgehead atoms. The molecule has 1 fully saturated rings. The Morgan fingerprint density at radius 3 is 2.73 bits per heavy atom. The van der Waals surface area contributed by atoms with Gasteiger partial charge in [-0.2, -0.15) is 0 Å². The second-order valence-electron chi connectivity index (χ2n) is 7.72. The van der Waals surface area contributed by atoms with Crippen molar-refractivity contribution in [1.82, 2.24) is 15.0 Å². The van der Waals surface area contributed by atoms with E-state index in [1.54, 1.807) is 12.3 Å². The van der Waals surface area contributed by atoms with Crippen LogP contribution in [-0.2, 0) is 20.5 Å². The zero-order valence-corrected chi connectivity index (χ0v) is 21.2. The number of methoxy groups -OCH3 is 1. The maximum absolute atomic E-state index is 13.2. The standard InChI is InChI=1S/C22H22F3N5O5S2/c1-3-34-18-10-26-9-15(27-18)12-4-7-14(17(8-12)35-22(23,24)25)28-20(31)19(33-2)16-11-36-21(29-16)30-37(32)13-5-6-13/h4,7-11,13,19H,3,5-6H2,1-2H3,(H,28,31)(H,29,30). The molecule has 2 N–H and O–H groups in total. The van der Waals surface area contributed by atoms with E-state index >= 15 is 0 Å². The largest absolute Gasteiger partial charge is 0.573 e. The molecule has 10 nitrogen and oxygen atoms in total. The van der Waals surface area contributed by atoms with Crippen LogP contribution in [0.3, 0.4) is 0 Å². The van der Waals surface area contributed by atoms with Gasteiger partial charge in [-0.3, -0.25) is 14.5 Å². The first-order valence-corrected chi connectivity index (χ1v) is 13.1. The minimum absolute atomic E-state index is 0.0801. The van der Waals surface area contributed by atoms with Gasteiger partial charge in [-0.15, -0.1) is 24.5 Å². The summed E-state index contributed by atoms with van der Waals surface area (Å²) >= 11 is 1.13. The number of thiazole rings is 1. The van der Waals surface area contributed by atoms with Crippen molar-refractivity contribution in [3.63, 3.8) is 0 Å². The van der Waals surface area contributed by atoms with Gasteiger partial charge in [0.15, 0.2) is 17.0 Å². The number of nitrogens with one attached hydrogen (secondary N) is 2. The first-order valence-electron chi connectivity index (χ1n) is 11.0. The Labute approximate surface area is 216 Å². The van der Waals surface area contributed by atoms with Crippen molar-refractivity contribution in [3.8, 4) is 22.9 Å². The number of halogens is 3. The van der Waals surface area contributed by atoms with Gasteiger partial charge in [-0.25, -0.2) is 14.2 Å². The number of anilines is 2. The first-order chi connectivity index (χ1) is 17.7. The topological polar surface area (TPSA) is 125 Å². The number of carbonyl (C=O) groups excluding carboxylic acids is 1. The van der Waals surface area contributed by atoms with E-state index in [4.69, 9.17) is 9.47 Å². The molecule has 1 saturated carbocycles. The fourth-order valence-corrected chi connectivity index (χ4v) is 5.12. The summed E-state index contributed by atoms with van der Waals surface area (Å²) in [7, 11) is -0.0104. The number of hydrogen-bond acceptors (Lipinski definition) is 9. The zero-order chi connectivity index (χ0) is 26.6. The van der Waals surface area contributed by atoms with Crippen molar-refractivity contribution in [1.29, 1.82) is 0 Å². The lowest BCUT2D eigenvalue weighted by atomic mass is 10.1. The Morgan fingerprint density at radius 2 is 2.05 bits per heavy atom. The predicted molar refractivity (Wildman–Crippen MR) is 131 cm³/mol. The molecule has 4 rings (SSSR count). The highest BCUT2D eigenvalue weighted by atomic mass is 32.2. The highest BCUT2D eigenvalue weighted by Crippen LogP contribution is 2.36. The number of amides is 1. The normalized spacial score (nSPS) is 15.1. The molecule has 0 saturated heterocycles.